The molecule has 0 unspecified atom stereocenters. The van der Waals surface area contributed by atoms with E-state index in [1.807, 2.05) is 0 Å². The minimum atomic E-state index is -1.79. The lowest BCUT2D eigenvalue weighted by Gasteiger charge is -2.00. The number of nitro benzene ring substituents is 2. The fraction of sp³-hybridized carbons (Fsp3) is 0. The van der Waals surface area contributed by atoms with Crippen molar-refractivity contribution in [3.05, 3.63) is 38.4 Å². The zero-order chi connectivity index (χ0) is 12.3. The van der Waals surface area contributed by atoms with E-state index in [-0.39, 0.29) is 0 Å². The molecule has 1 N–H and O–H groups in total. The second-order valence-corrected chi connectivity index (χ2v) is 2.51. The van der Waals surface area contributed by atoms with Gasteiger partial charge in [-0.1, -0.05) is 6.07 Å². The summed E-state index contributed by atoms with van der Waals surface area (Å²) in [5, 5.41) is 29.3. The molecule has 0 bridgehead atoms. The highest BCUT2D eigenvalue weighted by Crippen LogP contribution is 2.35. The Kier molecular flexibility index (Phi) is 2.99. The molecule has 1 rings (SSSR count). The van der Waals surface area contributed by atoms with Crippen molar-refractivity contribution in [1.82, 2.24) is 0 Å². The summed E-state index contributed by atoms with van der Waals surface area (Å²) in [5.41, 5.74) is -1.82. The Morgan fingerprint density at radius 1 is 1.25 bits per heavy atom. The molecule has 0 fully saturated rings. The van der Waals surface area contributed by atoms with Crippen molar-refractivity contribution in [2.24, 2.45) is 0 Å². The topological polar surface area (TPSA) is 133 Å². The number of para-hydroxylation sites is 1. The van der Waals surface area contributed by atoms with Crippen LogP contribution in [0, 0.1) is 20.2 Å². The first-order valence-corrected chi connectivity index (χ1v) is 3.76. The molecule has 0 aliphatic heterocycles. The molecule has 9 heteroatoms. The third-order valence-corrected chi connectivity index (χ3v) is 1.55. The highest BCUT2D eigenvalue weighted by molar-refractivity contribution is 5.68. The maximum absolute atomic E-state index is 10.6. The van der Waals surface area contributed by atoms with Gasteiger partial charge in [0.15, 0.2) is 0 Å². The van der Waals surface area contributed by atoms with Crippen LogP contribution in [0.1, 0.15) is 0 Å². The Morgan fingerprint density at radius 3 is 2.31 bits per heavy atom. The van der Waals surface area contributed by atoms with Crippen LogP contribution < -0.4 is 4.74 Å². The van der Waals surface area contributed by atoms with Crippen LogP contribution in [0.15, 0.2) is 18.2 Å². The second kappa shape index (κ2) is 4.21. The largest absolute Gasteiger partial charge is 0.511 e. The van der Waals surface area contributed by atoms with Crippen LogP contribution in [-0.2, 0) is 0 Å². The normalized spacial score (nSPS) is 9.50. The molecule has 1 aromatic rings. The number of rotatable bonds is 3. The number of nitro groups is 2. The SMILES string of the molecule is O=C(O)Oc1cccc([N+](=O)[O-])c1[N+](=O)[O-]. The maximum atomic E-state index is 10.6. The monoisotopic (exact) mass is 228 g/mol. The molecule has 0 spiro atoms. The van der Waals surface area contributed by atoms with Gasteiger partial charge in [0.2, 0.25) is 5.75 Å². The number of hydrogen-bond donors (Lipinski definition) is 1. The zero-order valence-corrected chi connectivity index (χ0v) is 7.52. The summed E-state index contributed by atoms with van der Waals surface area (Å²) in [6.45, 7) is 0. The lowest BCUT2D eigenvalue weighted by Crippen LogP contribution is -2.06. The van der Waals surface area contributed by atoms with Crippen LogP contribution in [0.25, 0.3) is 0 Å². The van der Waals surface area contributed by atoms with Crippen molar-refractivity contribution in [2.75, 3.05) is 0 Å². The molecule has 0 aromatic heterocycles. The minimum absolute atomic E-state index is 0.688. The van der Waals surface area contributed by atoms with Gasteiger partial charge in [-0.15, -0.1) is 0 Å². The van der Waals surface area contributed by atoms with Gasteiger partial charge in [-0.05, 0) is 6.07 Å². The van der Waals surface area contributed by atoms with Gasteiger partial charge in [0.1, 0.15) is 0 Å². The first kappa shape index (κ1) is 11.4. The number of carboxylic acid groups (broad SMARTS) is 1. The van der Waals surface area contributed by atoms with Crippen molar-refractivity contribution in [2.45, 2.75) is 0 Å². The van der Waals surface area contributed by atoms with E-state index in [1.165, 1.54) is 0 Å². The van der Waals surface area contributed by atoms with Crippen LogP contribution in [0.3, 0.4) is 0 Å². The molecule has 9 nitrogen and oxygen atoms in total. The van der Waals surface area contributed by atoms with Crippen molar-refractivity contribution in [3.8, 4) is 5.75 Å². The fourth-order valence-electron chi connectivity index (χ4n) is 1.02. The van der Waals surface area contributed by atoms with Gasteiger partial charge >= 0.3 is 17.5 Å². The third-order valence-electron chi connectivity index (χ3n) is 1.55. The van der Waals surface area contributed by atoms with E-state index in [4.69, 9.17) is 5.11 Å². The Morgan fingerprint density at radius 2 is 1.88 bits per heavy atom. The maximum Gasteiger partial charge on any atom is 0.511 e. The van der Waals surface area contributed by atoms with E-state index in [0.717, 1.165) is 18.2 Å². The summed E-state index contributed by atoms with van der Waals surface area (Å²) in [4.78, 5) is 29.2. The van der Waals surface area contributed by atoms with Crippen molar-refractivity contribution < 1.29 is 24.5 Å². The summed E-state index contributed by atoms with van der Waals surface area (Å²) in [6, 6.07) is 2.93. The second-order valence-electron chi connectivity index (χ2n) is 2.51. The van der Waals surface area contributed by atoms with Gasteiger partial charge in [0, 0.05) is 6.07 Å². The van der Waals surface area contributed by atoms with Crippen LogP contribution >= 0.6 is 0 Å². The van der Waals surface area contributed by atoms with Gasteiger partial charge < -0.3 is 9.84 Å². The Bertz CT molecular complexity index is 470. The highest BCUT2D eigenvalue weighted by atomic mass is 16.7. The number of ether oxygens (including phenoxy) is 1. The van der Waals surface area contributed by atoms with Crippen LogP contribution in [-0.4, -0.2) is 21.1 Å². The fourth-order valence-corrected chi connectivity index (χ4v) is 1.02. The van der Waals surface area contributed by atoms with Crippen LogP contribution in [0.2, 0.25) is 0 Å². The number of carbonyl (C=O) groups is 1. The summed E-state index contributed by atoms with van der Waals surface area (Å²) in [5.74, 6) is -0.688. The first-order chi connectivity index (χ1) is 7.43. The van der Waals surface area contributed by atoms with Gasteiger partial charge in [0.05, 0.1) is 9.85 Å². The molecule has 0 saturated heterocycles. The molecule has 1 aromatic carbocycles. The minimum Gasteiger partial charge on any atom is -0.449 e. The molecule has 84 valence electrons. The zero-order valence-electron chi connectivity index (χ0n) is 7.52. The lowest BCUT2D eigenvalue weighted by atomic mass is 10.2. The summed E-state index contributed by atoms with van der Waals surface area (Å²) in [6.07, 6.45) is -1.79. The molecule has 0 atom stereocenters. The average molecular weight is 228 g/mol. The quantitative estimate of drug-likeness (QED) is 0.359. The Labute approximate surface area is 87.2 Å². The van der Waals surface area contributed by atoms with Gasteiger partial charge in [-0.25, -0.2) is 4.79 Å². The lowest BCUT2D eigenvalue weighted by molar-refractivity contribution is -0.423. The molecule has 0 aliphatic rings. The summed E-state index contributed by atoms with van der Waals surface area (Å²) < 4.78 is 4.07. The van der Waals surface area contributed by atoms with Gasteiger partial charge in [-0.3, -0.25) is 20.2 Å². The summed E-state index contributed by atoms with van der Waals surface area (Å²) in [7, 11) is 0. The molecule has 0 aliphatic carbocycles. The van der Waals surface area contributed by atoms with Crippen molar-refractivity contribution >= 4 is 17.5 Å². The van der Waals surface area contributed by atoms with Gasteiger partial charge in [0.25, 0.3) is 0 Å². The van der Waals surface area contributed by atoms with E-state index in [2.05, 4.69) is 4.74 Å². The molecule has 16 heavy (non-hydrogen) atoms. The standard InChI is InChI=1S/C7H4N2O7/c10-7(11)16-5-3-1-2-4(8(12)13)6(5)9(14)15/h1-3H,(H,10,11). The number of hydrogen-bond acceptors (Lipinski definition) is 6. The number of nitrogens with zero attached hydrogens (tertiary/aromatic N) is 2. The molecular formula is C7H4N2O7. The smallest absolute Gasteiger partial charge is 0.449 e. The highest BCUT2D eigenvalue weighted by Gasteiger charge is 2.30. The van der Waals surface area contributed by atoms with Gasteiger partial charge in [-0.2, -0.15) is 0 Å². The first-order valence-electron chi connectivity index (χ1n) is 3.76. The van der Waals surface area contributed by atoms with E-state index in [1.54, 1.807) is 0 Å². The van der Waals surface area contributed by atoms with E-state index < -0.39 is 33.1 Å². The van der Waals surface area contributed by atoms with E-state index >= 15 is 0 Å². The van der Waals surface area contributed by atoms with E-state index in [0.29, 0.717) is 0 Å². The summed E-state index contributed by atoms with van der Waals surface area (Å²) >= 11 is 0. The Balaban J connectivity index is 3.38. The Hall–Kier alpha value is -2.71. The van der Waals surface area contributed by atoms with Crippen molar-refractivity contribution in [3.63, 3.8) is 0 Å². The molecule has 0 radical (unpaired) electrons. The van der Waals surface area contributed by atoms with Crippen LogP contribution in [0.5, 0.6) is 5.75 Å². The molecule has 0 amide bonds. The average Bonchev–Trinajstić information content (AvgIpc) is 2.15. The number of benzene rings is 1. The van der Waals surface area contributed by atoms with Crippen LogP contribution in [0.4, 0.5) is 16.2 Å². The van der Waals surface area contributed by atoms with Crippen molar-refractivity contribution in [1.29, 1.82) is 0 Å². The predicted octanol–water partition coefficient (Wildman–Crippen LogP) is 1.56. The predicted molar refractivity (Wildman–Crippen MR) is 48.4 cm³/mol. The third kappa shape index (κ3) is 2.20. The molecular weight excluding hydrogens is 224 g/mol. The molecule has 0 saturated carbocycles. The van der Waals surface area contributed by atoms with E-state index in [9.17, 15) is 25.0 Å². The molecule has 0 heterocycles.